The molecule has 0 unspecified atom stereocenters. The summed E-state index contributed by atoms with van der Waals surface area (Å²) in [6.45, 7) is 2.65. The maximum absolute atomic E-state index is 4.69. The average Bonchev–Trinajstić information content (AvgIpc) is 3.18. The van der Waals surface area contributed by atoms with Crippen LogP contribution < -0.4 is 5.32 Å². The van der Waals surface area contributed by atoms with Crippen LogP contribution in [0.5, 0.6) is 0 Å². The number of hydrogen-bond donors (Lipinski definition) is 1. The van der Waals surface area contributed by atoms with Crippen LogP contribution in [0.15, 0.2) is 22.9 Å². The van der Waals surface area contributed by atoms with Crippen LogP contribution in [0.25, 0.3) is 21.4 Å². The highest BCUT2D eigenvalue weighted by Gasteiger charge is 2.18. The number of thiazole rings is 1. The molecule has 4 rings (SSSR count). The van der Waals surface area contributed by atoms with Gasteiger partial charge in [0.15, 0.2) is 5.82 Å². The van der Waals surface area contributed by atoms with E-state index in [1.54, 1.807) is 22.7 Å². The maximum atomic E-state index is 4.69. The van der Waals surface area contributed by atoms with Crippen LogP contribution in [0.1, 0.15) is 5.82 Å². The number of nitrogens with one attached hydrogen (secondary N) is 1. The van der Waals surface area contributed by atoms with E-state index in [9.17, 15) is 0 Å². The first-order chi connectivity index (χ1) is 9.42. The summed E-state index contributed by atoms with van der Waals surface area (Å²) >= 11 is 3.37. The summed E-state index contributed by atoms with van der Waals surface area (Å²) in [5.74, 6) is 1.88. The topological polar surface area (TPSA) is 55.6 Å². The first kappa shape index (κ1) is 11.3. The lowest BCUT2D eigenvalue weighted by Gasteiger charge is -2.15. The molecule has 0 radical (unpaired) electrons. The molecular weight excluding hydrogens is 278 g/mol. The fourth-order valence-corrected chi connectivity index (χ4v) is 3.78. The number of nitrogens with zero attached hydrogens (tertiary/aromatic N) is 4. The second-order valence-electron chi connectivity index (χ2n) is 4.28. The first-order valence-electron chi connectivity index (χ1n) is 6.04. The summed E-state index contributed by atoms with van der Waals surface area (Å²) in [4.78, 5) is 5.89. The summed E-state index contributed by atoms with van der Waals surface area (Å²) in [6, 6.07) is 4.14. The molecule has 3 aromatic rings. The van der Waals surface area contributed by atoms with Crippen molar-refractivity contribution >= 4 is 22.7 Å². The van der Waals surface area contributed by atoms with Crippen molar-refractivity contribution in [3.05, 3.63) is 28.7 Å². The van der Waals surface area contributed by atoms with Crippen molar-refractivity contribution in [3.8, 4) is 21.4 Å². The molecule has 0 atom stereocenters. The molecule has 0 aromatic carbocycles. The van der Waals surface area contributed by atoms with Gasteiger partial charge in [0.2, 0.25) is 0 Å². The van der Waals surface area contributed by atoms with E-state index in [1.165, 1.54) is 4.88 Å². The summed E-state index contributed by atoms with van der Waals surface area (Å²) in [7, 11) is 0. The van der Waals surface area contributed by atoms with Gasteiger partial charge in [-0.15, -0.1) is 32.9 Å². The second-order valence-corrected chi connectivity index (χ2v) is 6.09. The molecule has 0 spiro atoms. The van der Waals surface area contributed by atoms with Crippen molar-refractivity contribution in [1.29, 1.82) is 0 Å². The summed E-state index contributed by atoms with van der Waals surface area (Å²) in [6.07, 6.45) is 0. The Kier molecular flexibility index (Phi) is 2.68. The molecule has 1 aliphatic heterocycles. The minimum atomic E-state index is 0.787. The molecule has 0 aliphatic carbocycles. The smallest absolute Gasteiger partial charge is 0.183 e. The Morgan fingerprint density at radius 1 is 1.26 bits per heavy atom. The third kappa shape index (κ3) is 1.90. The number of fused-ring (bicyclic) bond motifs is 1. The zero-order valence-corrected chi connectivity index (χ0v) is 11.7. The average molecular weight is 289 g/mol. The maximum Gasteiger partial charge on any atom is 0.183 e. The number of hydrogen-bond acceptors (Lipinski definition) is 6. The van der Waals surface area contributed by atoms with Crippen LogP contribution in [0.3, 0.4) is 0 Å². The molecule has 0 fully saturated rings. The van der Waals surface area contributed by atoms with Crippen LogP contribution in [0, 0.1) is 0 Å². The van der Waals surface area contributed by atoms with Gasteiger partial charge in [0.05, 0.1) is 11.4 Å². The highest BCUT2D eigenvalue weighted by molar-refractivity contribution is 7.20. The van der Waals surface area contributed by atoms with Crippen molar-refractivity contribution in [2.75, 3.05) is 6.54 Å². The molecule has 1 N–H and O–H groups in total. The summed E-state index contributed by atoms with van der Waals surface area (Å²) in [5.41, 5.74) is 0.925. The minimum absolute atomic E-state index is 0.787. The van der Waals surface area contributed by atoms with Gasteiger partial charge in [-0.1, -0.05) is 6.07 Å². The number of thiophene rings is 1. The molecular formula is C12H11N5S2. The van der Waals surface area contributed by atoms with Gasteiger partial charge in [0.25, 0.3) is 0 Å². The van der Waals surface area contributed by atoms with Crippen LogP contribution in [0.4, 0.5) is 0 Å². The van der Waals surface area contributed by atoms with E-state index >= 15 is 0 Å². The molecule has 1 aliphatic rings. The van der Waals surface area contributed by atoms with Gasteiger partial charge in [-0.2, -0.15) is 0 Å². The minimum Gasteiger partial charge on any atom is -0.308 e. The fraction of sp³-hybridized carbons (Fsp3) is 0.250. The van der Waals surface area contributed by atoms with Crippen molar-refractivity contribution in [2.45, 2.75) is 13.1 Å². The Labute approximate surface area is 118 Å². The van der Waals surface area contributed by atoms with Crippen molar-refractivity contribution in [2.24, 2.45) is 0 Å². The second kappa shape index (κ2) is 4.52. The van der Waals surface area contributed by atoms with Crippen LogP contribution in [-0.4, -0.2) is 26.3 Å². The van der Waals surface area contributed by atoms with E-state index in [2.05, 4.69) is 41.9 Å². The van der Waals surface area contributed by atoms with Crippen molar-refractivity contribution < 1.29 is 0 Å². The van der Waals surface area contributed by atoms with E-state index in [0.717, 1.165) is 42.0 Å². The van der Waals surface area contributed by atoms with Crippen molar-refractivity contribution in [3.63, 3.8) is 0 Å². The first-order valence-corrected chi connectivity index (χ1v) is 7.80. The Balaban J connectivity index is 1.75. The molecule has 5 nitrogen and oxygen atoms in total. The standard InChI is InChI=1S/C12H11N5S2/c1-2-9(18-5-1)12-14-8(7-19-12)11-16-15-10-6-13-3-4-17(10)11/h1-2,5,7,13H,3-4,6H2. The molecule has 7 heteroatoms. The lowest BCUT2D eigenvalue weighted by Crippen LogP contribution is -2.28. The predicted molar refractivity (Wildman–Crippen MR) is 76.1 cm³/mol. The number of aromatic nitrogens is 4. The summed E-state index contributed by atoms with van der Waals surface area (Å²) < 4.78 is 2.16. The Hall–Kier alpha value is -1.57. The van der Waals surface area contributed by atoms with Gasteiger partial charge in [0.1, 0.15) is 16.5 Å². The zero-order valence-electron chi connectivity index (χ0n) is 10.0. The lowest BCUT2D eigenvalue weighted by molar-refractivity contribution is 0.508. The lowest BCUT2D eigenvalue weighted by atomic mass is 10.4. The highest BCUT2D eigenvalue weighted by Crippen LogP contribution is 2.31. The third-order valence-electron chi connectivity index (χ3n) is 3.09. The molecule has 0 amide bonds. The van der Waals surface area contributed by atoms with Crippen LogP contribution >= 0.6 is 22.7 Å². The normalized spacial score (nSPS) is 14.5. The zero-order chi connectivity index (χ0) is 12.7. The Morgan fingerprint density at radius 3 is 3.16 bits per heavy atom. The van der Waals surface area contributed by atoms with Gasteiger partial charge in [-0.05, 0) is 11.4 Å². The van der Waals surface area contributed by atoms with E-state index in [1.807, 2.05) is 6.07 Å². The molecule has 0 saturated carbocycles. The molecule has 3 aromatic heterocycles. The van der Waals surface area contributed by atoms with Gasteiger partial charge in [-0.25, -0.2) is 4.98 Å². The van der Waals surface area contributed by atoms with Gasteiger partial charge in [-0.3, -0.25) is 0 Å². The number of rotatable bonds is 2. The monoisotopic (exact) mass is 289 g/mol. The van der Waals surface area contributed by atoms with Gasteiger partial charge < -0.3 is 9.88 Å². The summed E-state index contributed by atoms with van der Waals surface area (Å²) in [5, 5.41) is 17.0. The van der Waals surface area contributed by atoms with Gasteiger partial charge >= 0.3 is 0 Å². The third-order valence-corrected chi connectivity index (χ3v) is 4.97. The van der Waals surface area contributed by atoms with E-state index in [0.29, 0.717) is 0 Å². The quantitative estimate of drug-likeness (QED) is 0.786. The molecule has 96 valence electrons. The van der Waals surface area contributed by atoms with E-state index < -0.39 is 0 Å². The Bertz CT molecular complexity index is 698. The van der Waals surface area contributed by atoms with E-state index in [4.69, 9.17) is 0 Å². The fourth-order valence-electron chi connectivity index (χ4n) is 2.17. The van der Waals surface area contributed by atoms with Crippen molar-refractivity contribution in [1.82, 2.24) is 25.1 Å². The Morgan fingerprint density at radius 2 is 2.26 bits per heavy atom. The largest absolute Gasteiger partial charge is 0.308 e. The van der Waals surface area contributed by atoms with E-state index in [-0.39, 0.29) is 0 Å². The SMILES string of the molecule is c1csc(-c2nc(-c3nnc4n3CCNC4)cs2)c1. The van der Waals surface area contributed by atoms with Gasteiger partial charge in [0, 0.05) is 18.5 Å². The molecule has 0 bridgehead atoms. The molecule has 4 heterocycles. The van der Waals surface area contributed by atoms with Crippen LogP contribution in [0.2, 0.25) is 0 Å². The molecule has 0 saturated heterocycles. The van der Waals surface area contributed by atoms with Crippen LogP contribution in [-0.2, 0) is 13.1 Å². The predicted octanol–water partition coefficient (Wildman–Crippen LogP) is 2.23. The highest BCUT2D eigenvalue weighted by atomic mass is 32.1. The molecule has 19 heavy (non-hydrogen) atoms.